The number of benzene rings is 3. The van der Waals surface area contributed by atoms with E-state index in [9.17, 15) is 18.0 Å². The van der Waals surface area contributed by atoms with Gasteiger partial charge in [-0.2, -0.15) is 0 Å². The molecule has 3 aromatic carbocycles. The van der Waals surface area contributed by atoms with E-state index in [1.165, 1.54) is 31.4 Å². The van der Waals surface area contributed by atoms with E-state index in [1.54, 1.807) is 48.5 Å². The maximum absolute atomic E-state index is 12.7. The molecular formula is C25H27N3O6S. The van der Waals surface area contributed by atoms with E-state index < -0.39 is 22.0 Å². The summed E-state index contributed by atoms with van der Waals surface area (Å²) in [6.07, 6.45) is -0.583. The summed E-state index contributed by atoms with van der Waals surface area (Å²) in [5.74, 6) is 0.160. The molecule has 184 valence electrons. The third-order valence-corrected chi connectivity index (χ3v) is 6.07. The number of hydrogen-bond acceptors (Lipinski definition) is 6. The third kappa shape index (κ3) is 7.21. The molecule has 0 heterocycles. The molecule has 3 rings (SSSR count). The number of rotatable bonds is 9. The molecule has 0 aliphatic rings. The average Bonchev–Trinajstić information content (AvgIpc) is 2.83. The summed E-state index contributed by atoms with van der Waals surface area (Å²) in [6.45, 7) is 4.16. The summed E-state index contributed by atoms with van der Waals surface area (Å²) in [5, 5.41) is 5.33. The lowest BCUT2D eigenvalue weighted by Gasteiger charge is -2.12. The van der Waals surface area contributed by atoms with E-state index in [0.29, 0.717) is 29.4 Å². The molecule has 0 aromatic heterocycles. The first kappa shape index (κ1) is 25.6. The molecule has 9 nitrogen and oxygen atoms in total. The second kappa shape index (κ2) is 11.4. The highest BCUT2D eigenvalue weighted by atomic mass is 32.2. The zero-order valence-electron chi connectivity index (χ0n) is 19.6. The van der Waals surface area contributed by atoms with Gasteiger partial charge in [-0.1, -0.05) is 32.0 Å². The van der Waals surface area contributed by atoms with Crippen molar-refractivity contribution in [2.45, 2.75) is 18.7 Å². The lowest BCUT2D eigenvalue weighted by Crippen LogP contribution is -2.17. The molecule has 0 spiro atoms. The van der Waals surface area contributed by atoms with Crippen LogP contribution in [0, 0.1) is 5.92 Å². The van der Waals surface area contributed by atoms with Gasteiger partial charge >= 0.3 is 6.09 Å². The Morgan fingerprint density at radius 2 is 1.54 bits per heavy atom. The van der Waals surface area contributed by atoms with Crippen molar-refractivity contribution >= 4 is 39.1 Å². The Morgan fingerprint density at radius 1 is 0.886 bits per heavy atom. The van der Waals surface area contributed by atoms with Crippen molar-refractivity contribution in [3.63, 3.8) is 0 Å². The predicted molar refractivity (Wildman–Crippen MR) is 134 cm³/mol. The Bertz CT molecular complexity index is 1290. The normalized spacial score (nSPS) is 11.0. The minimum absolute atomic E-state index is 0.00827. The fraction of sp³-hybridized carbons (Fsp3) is 0.200. The minimum Gasteiger partial charge on any atom is -0.495 e. The van der Waals surface area contributed by atoms with Gasteiger partial charge in [0.05, 0.1) is 24.3 Å². The van der Waals surface area contributed by atoms with Crippen molar-refractivity contribution in [1.82, 2.24) is 0 Å². The van der Waals surface area contributed by atoms with Crippen molar-refractivity contribution < 1.29 is 27.5 Å². The first-order valence-electron chi connectivity index (χ1n) is 10.8. The van der Waals surface area contributed by atoms with Crippen LogP contribution in [0.3, 0.4) is 0 Å². The Morgan fingerprint density at radius 3 is 2.20 bits per heavy atom. The number of carbonyl (C=O) groups is 2. The van der Waals surface area contributed by atoms with Gasteiger partial charge in [0.15, 0.2) is 0 Å². The van der Waals surface area contributed by atoms with Crippen LogP contribution in [-0.2, 0) is 14.8 Å². The number of sulfonamides is 1. The van der Waals surface area contributed by atoms with Gasteiger partial charge in [0.25, 0.3) is 15.9 Å². The Hall–Kier alpha value is -4.05. The Labute approximate surface area is 204 Å². The van der Waals surface area contributed by atoms with E-state index in [4.69, 9.17) is 9.47 Å². The van der Waals surface area contributed by atoms with Crippen molar-refractivity contribution in [3.05, 3.63) is 78.4 Å². The molecule has 0 unspecified atom stereocenters. The predicted octanol–water partition coefficient (Wildman–Crippen LogP) is 4.95. The van der Waals surface area contributed by atoms with Gasteiger partial charge in [-0.25, -0.2) is 13.2 Å². The van der Waals surface area contributed by atoms with E-state index in [-0.39, 0.29) is 16.4 Å². The van der Waals surface area contributed by atoms with Crippen LogP contribution < -0.4 is 20.1 Å². The summed E-state index contributed by atoms with van der Waals surface area (Å²) < 4.78 is 38.2. The van der Waals surface area contributed by atoms with Crippen LogP contribution in [0.25, 0.3) is 0 Å². The molecule has 3 N–H and O–H groups in total. The molecule has 3 aromatic rings. The number of ether oxygens (including phenoxy) is 2. The Balaban J connectivity index is 1.66. The molecule has 0 saturated carbocycles. The van der Waals surface area contributed by atoms with Crippen molar-refractivity contribution in [3.8, 4) is 5.75 Å². The summed E-state index contributed by atoms with van der Waals surface area (Å²) >= 11 is 0. The van der Waals surface area contributed by atoms with Crippen molar-refractivity contribution in [1.29, 1.82) is 0 Å². The van der Waals surface area contributed by atoms with Crippen LogP contribution in [0.15, 0.2) is 77.7 Å². The molecule has 0 fully saturated rings. The molecule has 0 radical (unpaired) electrons. The lowest BCUT2D eigenvalue weighted by molar-refractivity contribution is 0.102. The first-order valence-corrected chi connectivity index (χ1v) is 12.3. The van der Waals surface area contributed by atoms with E-state index in [0.717, 1.165) is 0 Å². The van der Waals surface area contributed by atoms with Crippen LogP contribution in [-0.4, -0.2) is 34.1 Å². The molecule has 0 atom stereocenters. The second-order valence-electron chi connectivity index (χ2n) is 7.98. The fourth-order valence-electron chi connectivity index (χ4n) is 2.99. The molecule has 0 bridgehead atoms. The third-order valence-electron chi connectivity index (χ3n) is 4.69. The summed E-state index contributed by atoms with van der Waals surface area (Å²) in [5.41, 5.74) is 1.47. The van der Waals surface area contributed by atoms with Crippen molar-refractivity contribution in [2.75, 3.05) is 29.1 Å². The fourth-order valence-corrected chi connectivity index (χ4v) is 4.06. The minimum atomic E-state index is -3.89. The highest BCUT2D eigenvalue weighted by molar-refractivity contribution is 7.92. The SMILES string of the molecule is COc1ccccc1NS(=O)(=O)c1ccc(C(=O)Nc2cccc(NC(=O)OCC(C)C)c2)cc1. The van der Waals surface area contributed by atoms with Gasteiger partial charge in [-0.05, 0) is 60.5 Å². The van der Waals surface area contributed by atoms with Crippen LogP contribution in [0.4, 0.5) is 21.9 Å². The van der Waals surface area contributed by atoms with Crippen LogP contribution in [0.5, 0.6) is 5.75 Å². The van der Waals surface area contributed by atoms with Gasteiger partial charge in [0.2, 0.25) is 0 Å². The van der Waals surface area contributed by atoms with Gasteiger partial charge in [-0.3, -0.25) is 14.8 Å². The summed E-state index contributed by atoms with van der Waals surface area (Å²) in [4.78, 5) is 24.5. The average molecular weight is 498 g/mol. The molecule has 2 amide bonds. The van der Waals surface area contributed by atoms with E-state index in [2.05, 4.69) is 15.4 Å². The molecule has 0 aliphatic carbocycles. The zero-order valence-corrected chi connectivity index (χ0v) is 20.4. The Kier molecular flexibility index (Phi) is 8.32. The number of hydrogen-bond donors (Lipinski definition) is 3. The van der Waals surface area contributed by atoms with Gasteiger partial charge in [0, 0.05) is 16.9 Å². The van der Waals surface area contributed by atoms with Crippen LogP contribution >= 0.6 is 0 Å². The number of methoxy groups -OCH3 is 1. The number of amides is 2. The number of anilines is 3. The topological polar surface area (TPSA) is 123 Å². The summed E-state index contributed by atoms with van der Waals surface area (Å²) in [6, 6.07) is 18.8. The quantitative estimate of drug-likeness (QED) is 0.384. The number of carbonyl (C=O) groups excluding carboxylic acids is 2. The standard InChI is InChI=1S/C25H27N3O6S/c1-17(2)16-34-25(30)27-20-8-6-7-19(15-20)26-24(29)18-11-13-21(14-12-18)35(31,32)28-22-9-4-5-10-23(22)33-3/h4-15,17,28H,16H2,1-3H3,(H,26,29)(H,27,30). The van der Waals surface area contributed by atoms with Crippen LogP contribution in [0.1, 0.15) is 24.2 Å². The smallest absolute Gasteiger partial charge is 0.411 e. The number of para-hydroxylation sites is 2. The molecule has 35 heavy (non-hydrogen) atoms. The van der Waals surface area contributed by atoms with E-state index >= 15 is 0 Å². The van der Waals surface area contributed by atoms with E-state index in [1.807, 2.05) is 13.8 Å². The van der Waals surface area contributed by atoms with Gasteiger partial charge in [0.1, 0.15) is 5.75 Å². The second-order valence-corrected chi connectivity index (χ2v) is 9.66. The first-order chi connectivity index (χ1) is 16.7. The number of nitrogens with one attached hydrogen (secondary N) is 3. The maximum Gasteiger partial charge on any atom is 0.411 e. The highest BCUT2D eigenvalue weighted by Gasteiger charge is 2.17. The molecular weight excluding hydrogens is 470 g/mol. The maximum atomic E-state index is 12.7. The van der Waals surface area contributed by atoms with Crippen LogP contribution in [0.2, 0.25) is 0 Å². The largest absolute Gasteiger partial charge is 0.495 e. The highest BCUT2D eigenvalue weighted by Crippen LogP contribution is 2.26. The van der Waals surface area contributed by atoms with Gasteiger partial charge in [-0.15, -0.1) is 0 Å². The summed E-state index contributed by atoms with van der Waals surface area (Å²) in [7, 11) is -2.44. The van der Waals surface area contributed by atoms with Crippen molar-refractivity contribution in [2.24, 2.45) is 5.92 Å². The van der Waals surface area contributed by atoms with Gasteiger partial charge < -0.3 is 14.8 Å². The zero-order chi connectivity index (χ0) is 25.4. The molecule has 0 aliphatic heterocycles. The molecule has 0 saturated heterocycles. The molecule has 10 heteroatoms. The lowest BCUT2D eigenvalue weighted by atomic mass is 10.2. The monoisotopic (exact) mass is 497 g/mol.